The van der Waals surface area contributed by atoms with Crippen molar-refractivity contribution in [1.29, 1.82) is 0 Å². The number of thiazole rings is 1. The van der Waals surface area contributed by atoms with Crippen LogP contribution < -0.4 is 5.73 Å². The van der Waals surface area contributed by atoms with E-state index in [9.17, 15) is 0 Å². The number of nitrogens with zero attached hydrogens (tertiary/aromatic N) is 1. The van der Waals surface area contributed by atoms with E-state index in [1.807, 2.05) is 5.38 Å². The minimum Gasteiger partial charge on any atom is -0.385 e. The Morgan fingerprint density at radius 2 is 2.29 bits per heavy atom. The molecular formula is C9H16N2O2S. The van der Waals surface area contributed by atoms with Gasteiger partial charge in [-0.15, -0.1) is 11.3 Å². The van der Waals surface area contributed by atoms with Gasteiger partial charge in [0.05, 0.1) is 18.3 Å². The fourth-order valence-electron chi connectivity index (χ4n) is 1.08. The maximum Gasteiger partial charge on any atom is 0.119 e. The van der Waals surface area contributed by atoms with E-state index in [2.05, 4.69) is 4.98 Å². The van der Waals surface area contributed by atoms with Crippen LogP contribution in [0, 0.1) is 0 Å². The molecule has 1 unspecified atom stereocenters. The Kier molecular flexibility index (Phi) is 5.03. The number of methoxy groups -OCH3 is 2. The van der Waals surface area contributed by atoms with Crippen LogP contribution in [0.1, 0.15) is 23.2 Å². The Bertz CT molecular complexity index is 265. The monoisotopic (exact) mass is 216 g/mol. The first-order valence-electron chi connectivity index (χ1n) is 4.45. The summed E-state index contributed by atoms with van der Waals surface area (Å²) >= 11 is 1.58. The molecule has 0 fully saturated rings. The summed E-state index contributed by atoms with van der Waals surface area (Å²) < 4.78 is 9.94. The fraction of sp³-hybridized carbons (Fsp3) is 0.667. The minimum absolute atomic E-state index is 0.0307. The summed E-state index contributed by atoms with van der Waals surface area (Å²) in [5.41, 5.74) is 6.84. The van der Waals surface area contributed by atoms with Crippen LogP contribution in [0.3, 0.4) is 0 Å². The van der Waals surface area contributed by atoms with Crippen LogP contribution in [0.15, 0.2) is 5.38 Å². The molecule has 0 spiro atoms. The van der Waals surface area contributed by atoms with Crippen molar-refractivity contribution in [2.45, 2.75) is 19.1 Å². The van der Waals surface area contributed by atoms with Gasteiger partial charge in [-0.2, -0.15) is 0 Å². The Morgan fingerprint density at radius 3 is 2.93 bits per heavy atom. The van der Waals surface area contributed by atoms with Crippen LogP contribution in [-0.4, -0.2) is 25.8 Å². The van der Waals surface area contributed by atoms with Crippen LogP contribution in [-0.2, 0) is 16.1 Å². The van der Waals surface area contributed by atoms with Gasteiger partial charge in [-0.25, -0.2) is 4.98 Å². The summed E-state index contributed by atoms with van der Waals surface area (Å²) in [5.74, 6) is 0. The lowest BCUT2D eigenvalue weighted by atomic mass is 10.2. The smallest absolute Gasteiger partial charge is 0.119 e. The van der Waals surface area contributed by atoms with E-state index in [-0.39, 0.29) is 6.04 Å². The lowest BCUT2D eigenvalue weighted by Gasteiger charge is -2.06. The van der Waals surface area contributed by atoms with Gasteiger partial charge in [0.1, 0.15) is 5.01 Å². The predicted molar refractivity (Wildman–Crippen MR) is 56.2 cm³/mol. The molecule has 0 bridgehead atoms. The van der Waals surface area contributed by atoms with E-state index in [1.54, 1.807) is 25.6 Å². The topological polar surface area (TPSA) is 57.4 Å². The lowest BCUT2D eigenvalue weighted by Crippen LogP contribution is -2.13. The number of nitrogens with two attached hydrogens (primary N) is 1. The highest BCUT2D eigenvalue weighted by Crippen LogP contribution is 2.17. The maximum atomic E-state index is 5.91. The molecule has 1 aromatic heterocycles. The number of ether oxygens (including phenoxy) is 2. The highest BCUT2D eigenvalue weighted by Gasteiger charge is 2.09. The van der Waals surface area contributed by atoms with Gasteiger partial charge >= 0.3 is 0 Å². The molecule has 0 radical (unpaired) electrons. The summed E-state index contributed by atoms with van der Waals surface area (Å²) in [6.45, 7) is 1.22. The van der Waals surface area contributed by atoms with Crippen molar-refractivity contribution in [3.8, 4) is 0 Å². The van der Waals surface area contributed by atoms with Crippen molar-refractivity contribution >= 4 is 11.3 Å². The van der Waals surface area contributed by atoms with Gasteiger partial charge in [-0.1, -0.05) is 0 Å². The number of aromatic nitrogens is 1. The molecule has 0 saturated carbocycles. The van der Waals surface area contributed by atoms with Crippen molar-refractivity contribution in [3.05, 3.63) is 16.1 Å². The third-order valence-electron chi connectivity index (χ3n) is 1.85. The lowest BCUT2D eigenvalue weighted by molar-refractivity contribution is 0.183. The van der Waals surface area contributed by atoms with E-state index in [4.69, 9.17) is 15.2 Å². The zero-order chi connectivity index (χ0) is 10.4. The molecule has 1 atom stereocenters. The first-order chi connectivity index (χ1) is 6.77. The molecule has 80 valence electrons. The van der Waals surface area contributed by atoms with Crippen LogP contribution >= 0.6 is 11.3 Å². The second-order valence-electron chi connectivity index (χ2n) is 2.99. The maximum absolute atomic E-state index is 5.91. The molecule has 2 N–H and O–H groups in total. The molecule has 0 aliphatic rings. The van der Waals surface area contributed by atoms with E-state index < -0.39 is 0 Å². The molecule has 0 aliphatic carbocycles. The van der Waals surface area contributed by atoms with E-state index >= 15 is 0 Å². The van der Waals surface area contributed by atoms with Crippen molar-refractivity contribution in [1.82, 2.24) is 4.98 Å². The van der Waals surface area contributed by atoms with Crippen molar-refractivity contribution in [2.24, 2.45) is 5.73 Å². The van der Waals surface area contributed by atoms with E-state index in [0.717, 1.165) is 17.1 Å². The number of hydrogen-bond acceptors (Lipinski definition) is 5. The molecular weight excluding hydrogens is 200 g/mol. The van der Waals surface area contributed by atoms with Crippen LogP contribution in [0.25, 0.3) is 0 Å². The zero-order valence-electron chi connectivity index (χ0n) is 8.53. The normalized spacial score (nSPS) is 13.1. The van der Waals surface area contributed by atoms with Gasteiger partial charge in [-0.3, -0.25) is 0 Å². The second kappa shape index (κ2) is 6.08. The number of rotatable bonds is 6. The molecule has 1 aromatic rings. The van der Waals surface area contributed by atoms with E-state index in [1.165, 1.54) is 0 Å². The molecule has 1 heterocycles. The Morgan fingerprint density at radius 1 is 1.50 bits per heavy atom. The SMILES string of the molecule is COCCC(N)c1csc(COC)n1. The molecule has 5 heteroatoms. The highest BCUT2D eigenvalue weighted by molar-refractivity contribution is 7.09. The minimum atomic E-state index is -0.0307. The molecule has 0 aromatic carbocycles. The third-order valence-corrected chi connectivity index (χ3v) is 2.69. The Hall–Kier alpha value is -0.490. The molecule has 14 heavy (non-hydrogen) atoms. The summed E-state index contributed by atoms with van der Waals surface area (Å²) in [6, 6.07) is -0.0307. The van der Waals surface area contributed by atoms with Crippen molar-refractivity contribution in [3.63, 3.8) is 0 Å². The van der Waals surface area contributed by atoms with Gasteiger partial charge < -0.3 is 15.2 Å². The molecule has 0 amide bonds. The molecule has 0 saturated heterocycles. The fourth-order valence-corrected chi connectivity index (χ4v) is 1.91. The number of hydrogen-bond donors (Lipinski definition) is 1. The average molecular weight is 216 g/mol. The summed E-state index contributed by atoms with van der Waals surface area (Å²) in [5, 5.41) is 2.95. The van der Waals surface area contributed by atoms with Gasteiger partial charge in [-0.05, 0) is 6.42 Å². The van der Waals surface area contributed by atoms with Gasteiger partial charge in [0.2, 0.25) is 0 Å². The molecule has 4 nitrogen and oxygen atoms in total. The van der Waals surface area contributed by atoms with Crippen LogP contribution in [0.4, 0.5) is 0 Å². The quantitative estimate of drug-likeness (QED) is 0.779. The molecule has 1 rings (SSSR count). The van der Waals surface area contributed by atoms with Gasteiger partial charge in [0.25, 0.3) is 0 Å². The highest BCUT2D eigenvalue weighted by atomic mass is 32.1. The van der Waals surface area contributed by atoms with Gasteiger partial charge in [0.15, 0.2) is 0 Å². The summed E-state index contributed by atoms with van der Waals surface area (Å²) in [4.78, 5) is 4.37. The van der Waals surface area contributed by atoms with Crippen molar-refractivity contribution < 1.29 is 9.47 Å². The molecule has 0 aliphatic heterocycles. The van der Waals surface area contributed by atoms with Crippen LogP contribution in [0.2, 0.25) is 0 Å². The second-order valence-corrected chi connectivity index (χ2v) is 3.93. The Labute approximate surface area is 88.0 Å². The van der Waals surface area contributed by atoms with Crippen molar-refractivity contribution in [2.75, 3.05) is 20.8 Å². The first-order valence-corrected chi connectivity index (χ1v) is 5.33. The van der Waals surface area contributed by atoms with E-state index in [0.29, 0.717) is 13.2 Å². The standard InChI is InChI=1S/C9H16N2O2S/c1-12-4-3-7(10)8-6-14-9(11-8)5-13-2/h6-7H,3-5,10H2,1-2H3. The van der Waals surface area contributed by atoms with Gasteiger partial charge in [0, 0.05) is 26.2 Å². The first kappa shape index (κ1) is 11.6. The third kappa shape index (κ3) is 3.34. The summed E-state index contributed by atoms with van der Waals surface area (Å²) in [7, 11) is 3.33. The van der Waals surface area contributed by atoms with Crippen LogP contribution in [0.5, 0.6) is 0 Å². The largest absolute Gasteiger partial charge is 0.385 e. The zero-order valence-corrected chi connectivity index (χ0v) is 9.34. The Balaban J connectivity index is 2.48. The summed E-state index contributed by atoms with van der Waals surface area (Å²) in [6.07, 6.45) is 0.798. The average Bonchev–Trinajstić information content (AvgIpc) is 2.63. The predicted octanol–water partition coefficient (Wildman–Crippen LogP) is 1.33.